The second kappa shape index (κ2) is 8.72. The minimum atomic E-state index is -0.668. The van der Waals surface area contributed by atoms with Gasteiger partial charge >= 0.3 is 0 Å². The number of nitrogens with zero attached hydrogens (tertiary/aromatic N) is 2. The monoisotopic (exact) mass is 402 g/mol. The Morgan fingerprint density at radius 3 is 2.43 bits per heavy atom. The number of pyridine rings is 1. The van der Waals surface area contributed by atoms with E-state index in [1.54, 1.807) is 25.3 Å². The molecule has 0 atom stereocenters. The number of aromatic amines is 1. The molecule has 1 heterocycles. The van der Waals surface area contributed by atoms with Crippen molar-refractivity contribution < 1.29 is 14.2 Å². The average Bonchev–Trinajstić information content (AvgIpc) is 2.77. The van der Waals surface area contributed by atoms with Crippen LogP contribution in [-0.2, 0) is 6.61 Å². The minimum absolute atomic E-state index is 0.00932. The minimum Gasteiger partial charge on any atom is -0.497 e. The summed E-state index contributed by atoms with van der Waals surface area (Å²) in [6.45, 7) is 0.227. The number of methoxy groups -OCH3 is 2. The van der Waals surface area contributed by atoms with Gasteiger partial charge in [0.25, 0.3) is 5.56 Å². The molecule has 0 amide bonds. The third kappa shape index (κ3) is 3.89. The van der Waals surface area contributed by atoms with Gasteiger partial charge in [0, 0.05) is 5.56 Å². The molecule has 0 aliphatic heterocycles. The highest BCUT2D eigenvalue weighted by Gasteiger charge is 2.19. The number of nitrogens with two attached hydrogens (primary N) is 1. The van der Waals surface area contributed by atoms with E-state index in [1.807, 2.05) is 36.4 Å². The first-order valence-corrected chi connectivity index (χ1v) is 8.82. The molecule has 3 rings (SSSR count). The lowest BCUT2D eigenvalue weighted by molar-refractivity contribution is 0.284. The predicted octanol–water partition coefficient (Wildman–Crippen LogP) is 2.96. The summed E-state index contributed by atoms with van der Waals surface area (Å²) >= 11 is 0. The van der Waals surface area contributed by atoms with Gasteiger partial charge < -0.3 is 24.9 Å². The maximum absolute atomic E-state index is 12.2. The van der Waals surface area contributed by atoms with Crippen molar-refractivity contribution in [3.8, 4) is 40.5 Å². The molecule has 3 N–H and O–H groups in total. The van der Waals surface area contributed by atoms with Gasteiger partial charge in [0.15, 0.2) is 11.5 Å². The van der Waals surface area contributed by atoms with Crippen LogP contribution in [0.1, 0.15) is 16.7 Å². The number of nitrogen functional groups attached to an aromatic ring is 1. The molecule has 150 valence electrons. The van der Waals surface area contributed by atoms with Gasteiger partial charge in [0.1, 0.15) is 41.4 Å². The van der Waals surface area contributed by atoms with Crippen LogP contribution in [0.25, 0.3) is 11.1 Å². The van der Waals surface area contributed by atoms with Gasteiger partial charge in [-0.25, -0.2) is 0 Å². The number of nitrogens with one attached hydrogen (secondary N) is 1. The molecule has 1 aromatic heterocycles. The standard InChI is InChI=1S/C22H18N4O4/c1-28-15-5-3-4-13(8-15)12-30-19-9-14(6-7-18(19)29-2)20-16(10-23)21(25)26-22(27)17(20)11-24/h3-9H,12H2,1-2H3,(H3,25,26,27). The summed E-state index contributed by atoms with van der Waals surface area (Å²) in [5.74, 6) is 1.43. The molecule has 8 nitrogen and oxygen atoms in total. The Morgan fingerprint density at radius 1 is 1.00 bits per heavy atom. The Hall–Kier alpha value is -4.43. The maximum Gasteiger partial charge on any atom is 0.268 e. The summed E-state index contributed by atoms with van der Waals surface area (Å²) in [7, 11) is 3.08. The fourth-order valence-corrected chi connectivity index (χ4v) is 3.00. The second-order valence-corrected chi connectivity index (χ2v) is 6.22. The highest BCUT2D eigenvalue weighted by atomic mass is 16.5. The Balaban J connectivity index is 2.07. The lowest BCUT2D eigenvalue weighted by Crippen LogP contribution is -2.16. The van der Waals surface area contributed by atoms with Crippen LogP contribution in [0.2, 0.25) is 0 Å². The number of hydrogen-bond donors (Lipinski definition) is 2. The van der Waals surface area contributed by atoms with Crippen LogP contribution in [0.5, 0.6) is 17.2 Å². The van der Waals surface area contributed by atoms with Crippen LogP contribution in [0.15, 0.2) is 47.3 Å². The van der Waals surface area contributed by atoms with E-state index in [9.17, 15) is 15.3 Å². The molecule has 8 heteroatoms. The molecule has 0 aliphatic rings. The molecule has 0 radical (unpaired) electrons. The summed E-state index contributed by atoms with van der Waals surface area (Å²) in [5, 5.41) is 19.0. The lowest BCUT2D eigenvalue weighted by Gasteiger charge is -2.14. The molecule has 30 heavy (non-hydrogen) atoms. The van der Waals surface area contributed by atoms with Crippen LogP contribution in [0.3, 0.4) is 0 Å². The van der Waals surface area contributed by atoms with E-state index in [0.717, 1.165) is 5.56 Å². The van der Waals surface area contributed by atoms with Crippen LogP contribution in [0, 0.1) is 22.7 Å². The van der Waals surface area contributed by atoms with E-state index >= 15 is 0 Å². The average molecular weight is 402 g/mol. The number of benzene rings is 2. The fourth-order valence-electron chi connectivity index (χ4n) is 3.00. The van der Waals surface area contributed by atoms with Gasteiger partial charge in [-0.15, -0.1) is 0 Å². The largest absolute Gasteiger partial charge is 0.497 e. The van der Waals surface area contributed by atoms with Gasteiger partial charge in [-0.1, -0.05) is 18.2 Å². The van der Waals surface area contributed by atoms with Gasteiger partial charge in [-0.3, -0.25) is 4.79 Å². The van der Waals surface area contributed by atoms with Crippen molar-refractivity contribution >= 4 is 5.82 Å². The Morgan fingerprint density at radius 2 is 1.77 bits per heavy atom. The van der Waals surface area contributed by atoms with Crippen molar-refractivity contribution in [2.75, 3.05) is 20.0 Å². The van der Waals surface area contributed by atoms with Crippen molar-refractivity contribution in [3.05, 3.63) is 69.5 Å². The highest BCUT2D eigenvalue weighted by molar-refractivity contribution is 5.81. The molecule has 0 spiro atoms. The first-order chi connectivity index (χ1) is 14.5. The SMILES string of the molecule is COc1cccc(COc2cc(-c3c(C#N)c(N)[nH]c(=O)c3C#N)ccc2OC)c1. The van der Waals surface area contributed by atoms with Gasteiger partial charge in [0.2, 0.25) is 0 Å². The molecule has 0 fully saturated rings. The topological polar surface area (TPSA) is 134 Å². The summed E-state index contributed by atoms with van der Waals surface area (Å²) < 4.78 is 16.5. The number of rotatable bonds is 6. The molecule has 0 saturated carbocycles. The van der Waals surface area contributed by atoms with E-state index in [-0.39, 0.29) is 29.1 Å². The number of anilines is 1. The van der Waals surface area contributed by atoms with E-state index in [4.69, 9.17) is 19.9 Å². The number of aromatic nitrogens is 1. The predicted molar refractivity (Wildman–Crippen MR) is 110 cm³/mol. The van der Waals surface area contributed by atoms with Crippen LogP contribution in [0.4, 0.5) is 5.82 Å². The smallest absolute Gasteiger partial charge is 0.268 e. The van der Waals surface area contributed by atoms with E-state index in [0.29, 0.717) is 22.8 Å². The Bertz CT molecular complexity index is 1240. The summed E-state index contributed by atoms with van der Waals surface area (Å²) in [6, 6.07) is 16.1. The molecular formula is C22H18N4O4. The number of ether oxygens (including phenoxy) is 3. The van der Waals surface area contributed by atoms with Crippen molar-refractivity contribution in [1.82, 2.24) is 4.98 Å². The lowest BCUT2D eigenvalue weighted by atomic mass is 9.96. The molecule has 3 aromatic rings. The fraction of sp³-hybridized carbons (Fsp3) is 0.136. The Kier molecular flexibility index (Phi) is 5.90. The summed E-state index contributed by atoms with van der Waals surface area (Å²) in [4.78, 5) is 14.5. The van der Waals surface area contributed by atoms with Crippen LogP contribution in [-0.4, -0.2) is 19.2 Å². The molecular weight excluding hydrogens is 384 g/mol. The Labute approximate surface area is 172 Å². The third-order valence-corrected chi connectivity index (χ3v) is 4.45. The highest BCUT2D eigenvalue weighted by Crippen LogP contribution is 2.36. The first-order valence-electron chi connectivity index (χ1n) is 8.82. The zero-order valence-corrected chi connectivity index (χ0v) is 16.4. The first kappa shape index (κ1) is 20.3. The summed E-state index contributed by atoms with van der Waals surface area (Å²) in [6.07, 6.45) is 0. The molecule has 0 saturated heterocycles. The zero-order chi connectivity index (χ0) is 21.7. The zero-order valence-electron chi connectivity index (χ0n) is 16.4. The van der Waals surface area contributed by atoms with Gasteiger partial charge in [0.05, 0.1) is 14.2 Å². The molecule has 0 bridgehead atoms. The van der Waals surface area contributed by atoms with E-state index in [2.05, 4.69) is 4.98 Å². The normalized spacial score (nSPS) is 10.0. The molecule has 0 aliphatic carbocycles. The van der Waals surface area contributed by atoms with E-state index < -0.39 is 5.56 Å². The van der Waals surface area contributed by atoms with E-state index in [1.165, 1.54) is 7.11 Å². The van der Waals surface area contributed by atoms with Crippen molar-refractivity contribution in [2.24, 2.45) is 0 Å². The molecule has 2 aromatic carbocycles. The van der Waals surface area contributed by atoms with Crippen molar-refractivity contribution in [2.45, 2.75) is 6.61 Å². The molecule has 0 unspecified atom stereocenters. The summed E-state index contributed by atoms with van der Waals surface area (Å²) in [5.41, 5.74) is 6.39. The van der Waals surface area contributed by atoms with Crippen LogP contribution >= 0.6 is 0 Å². The van der Waals surface area contributed by atoms with Gasteiger partial charge in [-0.05, 0) is 35.4 Å². The van der Waals surface area contributed by atoms with Crippen molar-refractivity contribution in [3.63, 3.8) is 0 Å². The number of nitriles is 2. The van der Waals surface area contributed by atoms with Gasteiger partial charge in [-0.2, -0.15) is 10.5 Å². The van der Waals surface area contributed by atoms with Crippen molar-refractivity contribution in [1.29, 1.82) is 10.5 Å². The second-order valence-electron chi connectivity index (χ2n) is 6.22. The third-order valence-electron chi connectivity index (χ3n) is 4.45. The van der Waals surface area contributed by atoms with Crippen LogP contribution < -0.4 is 25.5 Å². The number of hydrogen-bond acceptors (Lipinski definition) is 7. The quantitative estimate of drug-likeness (QED) is 0.647. The maximum atomic E-state index is 12.2. The number of H-pyrrole nitrogens is 1.